The van der Waals surface area contributed by atoms with Crippen molar-refractivity contribution >= 4 is 18.1 Å². The Bertz CT molecular complexity index is 1140. The summed E-state index contributed by atoms with van der Waals surface area (Å²) in [6, 6.07) is 14.4. The fourth-order valence-electron chi connectivity index (χ4n) is 3.06. The van der Waals surface area contributed by atoms with E-state index in [-0.39, 0.29) is 11.4 Å². The molecule has 33 heavy (non-hydrogen) atoms. The molecule has 0 fully saturated rings. The zero-order chi connectivity index (χ0) is 23.6. The summed E-state index contributed by atoms with van der Waals surface area (Å²) in [4.78, 5) is 16.3. The van der Waals surface area contributed by atoms with Crippen molar-refractivity contribution < 1.29 is 23.0 Å². The van der Waals surface area contributed by atoms with Gasteiger partial charge in [-0.3, -0.25) is 0 Å². The summed E-state index contributed by atoms with van der Waals surface area (Å²) in [5.74, 6) is -3.42. The van der Waals surface area contributed by atoms with Gasteiger partial charge in [0.15, 0.2) is 0 Å². The highest BCUT2D eigenvalue weighted by Gasteiger charge is 2.15. The van der Waals surface area contributed by atoms with Gasteiger partial charge in [0.05, 0.1) is 0 Å². The Hall–Kier alpha value is -3.89. The van der Waals surface area contributed by atoms with E-state index in [1.54, 1.807) is 13.2 Å². The molecule has 0 atom stereocenters. The maximum atomic E-state index is 13.7. The average molecular weight is 448 g/mol. The molecule has 1 heterocycles. The Labute approximate surface area is 190 Å². The van der Waals surface area contributed by atoms with Crippen LogP contribution in [0.2, 0.25) is 0 Å². The maximum absolute atomic E-state index is 13.7. The summed E-state index contributed by atoms with van der Waals surface area (Å²) in [5.41, 5.74) is 2.32. The molecule has 0 saturated carbocycles. The van der Waals surface area contributed by atoms with Crippen LogP contribution in [0, 0.1) is 23.0 Å². The number of nitriles is 1. The Morgan fingerprint density at radius 2 is 1.70 bits per heavy atom. The lowest BCUT2D eigenvalue weighted by atomic mass is 10.1. The number of unbranched alkanes of at least 4 members (excludes halogenated alkanes) is 1. The SMILES string of the molecule is COCCCCc1ccc(C=Cc2ccc(C(=O)Oc3cc(F)c(C#N)c(F)c3)nc2)cc1. The normalized spacial score (nSPS) is 10.8. The van der Waals surface area contributed by atoms with Crippen LogP contribution in [0.3, 0.4) is 0 Å². The number of rotatable bonds is 9. The molecular formula is C26H22F2N2O3. The van der Waals surface area contributed by atoms with Gasteiger partial charge in [-0.25, -0.2) is 18.6 Å². The Balaban J connectivity index is 1.58. The van der Waals surface area contributed by atoms with Crippen LogP contribution < -0.4 is 4.74 Å². The molecule has 3 rings (SSSR count). The third-order valence-corrected chi connectivity index (χ3v) is 4.85. The van der Waals surface area contributed by atoms with Gasteiger partial charge in [-0.05, 0) is 42.0 Å². The Morgan fingerprint density at radius 3 is 2.30 bits per heavy atom. The molecule has 7 heteroatoms. The van der Waals surface area contributed by atoms with Crippen LogP contribution >= 0.6 is 0 Å². The van der Waals surface area contributed by atoms with Gasteiger partial charge in [-0.2, -0.15) is 5.26 Å². The molecule has 0 radical (unpaired) electrons. The molecule has 0 aliphatic heterocycles. The molecule has 0 spiro atoms. The first-order valence-electron chi connectivity index (χ1n) is 10.3. The number of nitrogens with zero attached hydrogens (tertiary/aromatic N) is 2. The van der Waals surface area contributed by atoms with Gasteiger partial charge in [0, 0.05) is 32.0 Å². The van der Waals surface area contributed by atoms with Gasteiger partial charge < -0.3 is 9.47 Å². The number of ether oxygens (including phenoxy) is 2. The molecule has 1 aromatic heterocycles. The number of benzene rings is 2. The highest BCUT2D eigenvalue weighted by atomic mass is 19.1. The number of aryl methyl sites for hydroxylation is 1. The maximum Gasteiger partial charge on any atom is 0.362 e. The monoisotopic (exact) mass is 448 g/mol. The molecule has 0 N–H and O–H groups in total. The molecular weight excluding hydrogens is 426 g/mol. The Kier molecular flexibility index (Phi) is 8.39. The second-order valence-corrected chi connectivity index (χ2v) is 7.26. The number of aromatic nitrogens is 1. The van der Waals surface area contributed by atoms with Gasteiger partial charge in [0.2, 0.25) is 0 Å². The van der Waals surface area contributed by atoms with Crippen LogP contribution in [-0.2, 0) is 11.2 Å². The first kappa shape index (κ1) is 23.8. The first-order valence-corrected chi connectivity index (χ1v) is 10.3. The van der Waals surface area contributed by atoms with Gasteiger partial charge >= 0.3 is 5.97 Å². The summed E-state index contributed by atoms with van der Waals surface area (Å²) >= 11 is 0. The average Bonchev–Trinajstić information content (AvgIpc) is 2.81. The van der Waals surface area contributed by atoms with Crippen molar-refractivity contribution in [1.29, 1.82) is 5.26 Å². The molecule has 168 valence electrons. The number of methoxy groups -OCH3 is 1. The number of esters is 1. The lowest BCUT2D eigenvalue weighted by molar-refractivity contribution is 0.0727. The smallest absolute Gasteiger partial charge is 0.362 e. The number of pyridine rings is 1. The van der Waals surface area contributed by atoms with E-state index in [2.05, 4.69) is 17.1 Å². The predicted molar refractivity (Wildman–Crippen MR) is 120 cm³/mol. The molecule has 2 aromatic carbocycles. The van der Waals surface area contributed by atoms with Crippen molar-refractivity contribution in [3.8, 4) is 11.8 Å². The van der Waals surface area contributed by atoms with Crippen LogP contribution in [0.5, 0.6) is 5.75 Å². The topological polar surface area (TPSA) is 72.2 Å². The van der Waals surface area contributed by atoms with Crippen LogP contribution in [0.15, 0.2) is 54.7 Å². The molecule has 0 amide bonds. The fourth-order valence-corrected chi connectivity index (χ4v) is 3.06. The molecule has 5 nitrogen and oxygen atoms in total. The van der Waals surface area contributed by atoms with E-state index in [0.717, 1.165) is 49.1 Å². The summed E-state index contributed by atoms with van der Waals surface area (Å²) in [6.45, 7) is 0.776. The minimum absolute atomic E-state index is 0.0184. The molecule has 0 saturated heterocycles. The van der Waals surface area contributed by atoms with E-state index < -0.39 is 23.2 Å². The van der Waals surface area contributed by atoms with Crippen molar-refractivity contribution in [2.24, 2.45) is 0 Å². The second-order valence-electron chi connectivity index (χ2n) is 7.26. The first-order chi connectivity index (χ1) is 16.0. The summed E-state index contributed by atoms with van der Waals surface area (Å²) in [7, 11) is 1.71. The molecule has 0 aliphatic carbocycles. The van der Waals surface area contributed by atoms with Crippen LogP contribution in [0.25, 0.3) is 12.2 Å². The highest BCUT2D eigenvalue weighted by molar-refractivity contribution is 5.89. The quantitative estimate of drug-likeness (QED) is 0.242. The second kappa shape index (κ2) is 11.7. The molecule has 0 bridgehead atoms. The van der Waals surface area contributed by atoms with Crippen molar-refractivity contribution in [3.63, 3.8) is 0 Å². The van der Waals surface area contributed by atoms with Crippen molar-refractivity contribution in [2.45, 2.75) is 19.3 Å². The largest absolute Gasteiger partial charge is 0.422 e. The van der Waals surface area contributed by atoms with E-state index >= 15 is 0 Å². The third-order valence-electron chi connectivity index (χ3n) is 4.85. The summed E-state index contributed by atoms with van der Waals surface area (Å²) in [6.07, 6.45) is 8.43. The van der Waals surface area contributed by atoms with Gasteiger partial charge in [0.1, 0.15) is 34.7 Å². The number of hydrogen-bond acceptors (Lipinski definition) is 5. The zero-order valence-electron chi connectivity index (χ0n) is 18.1. The minimum Gasteiger partial charge on any atom is -0.422 e. The molecule has 0 aliphatic rings. The van der Waals surface area contributed by atoms with E-state index in [0.29, 0.717) is 0 Å². The van der Waals surface area contributed by atoms with Crippen molar-refractivity contribution in [2.75, 3.05) is 13.7 Å². The third kappa shape index (κ3) is 6.79. The van der Waals surface area contributed by atoms with Crippen molar-refractivity contribution in [1.82, 2.24) is 4.98 Å². The van der Waals surface area contributed by atoms with E-state index in [4.69, 9.17) is 14.7 Å². The van der Waals surface area contributed by atoms with E-state index in [1.165, 1.54) is 23.9 Å². The van der Waals surface area contributed by atoms with E-state index in [9.17, 15) is 13.6 Å². The number of halogens is 2. The van der Waals surface area contributed by atoms with E-state index in [1.807, 2.05) is 24.3 Å². The standard InChI is InChI=1S/C26H22F2N2O3/c1-32-13-3-2-4-18-5-7-19(8-6-18)9-10-20-11-12-25(30-17-20)26(31)33-21-14-23(27)22(16-29)24(28)15-21/h5-12,14-15,17H,2-4,13H2,1H3. The lowest BCUT2D eigenvalue weighted by Gasteiger charge is -2.05. The van der Waals surface area contributed by atoms with Gasteiger partial charge in [-0.15, -0.1) is 0 Å². The zero-order valence-corrected chi connectivity index (χ0v) is 18.1. The van der Waals surface area contributed by atoms with Gasteiger partial charge in [0.25, 0.3) is 0 Å². The summed E-state index contributed by atoms with van der Waals surface area (Å²) < 4.78 is 37.4. The van der Waals surface area contributed by atoms with Crippen LogP contribution in [-0.4, -0.2) is 24.7 Å². The summed E-state index contributed by atoms with van der Waals surface area (Å²) in [5, 5.41) is 8.70. The molecule has 0 unspecified atom stereocenters. The predicted octanol–water partition coefficient (Wildman–Crippen LogP) is 5.59. The molecule has 3 aromatic rings. The van der Waals surface area contributed by atoms with Gasteiger partial charge in [-0.1, -0.05) is 42.5 Å². The highest BCUT2D eigenvalue weighted by Crippen LogP contribution is 2.21. The number of carbonyl (C=O) groups is 1. The van der Waals surface area contributed by atoms with Crippen LogP contribution in [0.4, 0.5) is 8.78 Å². The van der Waals surface area contributed by atoms with Crippen molar-refractivity contribution in [3.05, 3.63) is 94.3 Å². The number of carbonyl (C=O) groups excluding carboxylic acids is 1. The number of hydrogen-bond donors (Lipinski definition) is 0. The Morgan fingerprint density at radius 1 is 1.03 bits per heavy atom. The van der Waals surface area contributed by atoms with Crippen LogP contribution in [0.1, 0.15) is 45.6 Å². The fraction of sp³-hybridized carbons (Fsp3) is 0.192. The minimum atomic E-state index is -1.10. The lowest BCUT2D eigenvalue weighted by Crippen LogP contribution is -2.11.